The molecule has 7 heteroatoms. The third-order valence-corrected chi connectivity index (χ3v) is 7.03. The Bertz CT molecular complexity index is 966. The number of rotatable bonds is 8. The van der Waals surface area contributed by atoms with Crippen LogP contribution in [0.4, 0.5) is 5.69 Å². The number of allylic oxidation sites excluding steroid dienone is 1. The summed E-state index contributed by atoms with van der Waals surface area (Å²) < 4.78 is 27.6. The van der Waals surface area contributed by atoms with Gasteiger partial charge in [0.25, 0.3) is 15.9 Å². The smallest absolute Gasteiger partial charge is 0.261 e. The minimum Gasteiger partial charge on any atom is -0.352 e. The molecule has 154 valence electrons. The van der Waals surface area contributed by atoms with Gasteiger partial charge in [0.2, 0.25) is 0 Å². The first kappa shape index (κ1) is 21.5. The van der Waals surface area contributed by atoms with Crippen LogP contribution in [0.2, 0.25) is 0 Å². The van der Waals surface area contributed by atoms with Crippen LogP contribution in [0, 0.1) is 0 Å². The van der Waals surface area contributed by atoms with Gasteiger partial charge in [-0.2, -0.15) is 0 Å². The average molecular weight is 431 g/mol. The molecule has 0 saturated heterocycles. The highest BCUT2D eigenvalue weighted by Crippen LogP contribution is 2.21. The zero-order valence-corrected chi connectivity index (χ0v) is 18.1. The number of benzene rings is 2. The van der Waals surface area contributed by atoms with E-state index in [0.717, 1.165) is 24.2 Å². The number of anilines is 1. The van der Waals surface area contributed by atoms with E-state index in [4.69, 9.17) is 0 Å². The molecule has 2 aromatic carbocycles. The maximum absolute atomic E-state index is 12.5. The van der Waals surface area contributed by atoms with Crippen molar-refractivity contribution in [2.75, 3.05) is 17.5 Å². The van der Waals surface area contributed by atoms with E-state index in [1.807, 2.05) is 6.26 Å². The van der Waals surface area contributed by atoms with E-state index >= 15 is 0 Å². The normalized spacial score (nSPS) is 14.2. The van der Waals surface area contributed by atoms with Crippen molar-refractivity contribution in [1.82, 2.24) is 5.32 Å². The summed E-state index contributed by atoms with van der Waals surface area (Å²) in [6.45, 7) is 0.616. The van der Waals surface area contributed by atoms with E-state index in [1.54, 1.807) is 60.3 Å². The van der Waals surface area contributed by atoms with Crippen LogP contribution in [-0.2, 0) is 10.0 Å². The molecule has 29 heavy (non-hydrogen) atoms. The Morgan fingerprint density at radius 3 is 2.38 bits per heavy atom. The lowest BCUT2D eigenvalue weighted by molar-refractivity contribution is 0.0954. The van der Waals surface area contributed by atoms with Crippen LogP contribution >= 0.6 is 11.8 Å². The van der Waals surface area contributed by atoms with Crippen LogP contribution < -0.4 is 10.0 Å². The SMILES string of the molecule is CSc1ccc(S(=O)(=O)Nc2ccc(C(=O)NCCC3=CCCCC3)cc2)cc1. The maximum atomic E-state index is 12.5. The topological polar surface area (TPSA) is 75.3 Å². The second-order valence-corrected chi connectivity index (χ2v) is 9.53. The summed E-state index contributed by atoms with van der Waals surface area (Å²) in [5.41, 5.74) is 2.35. The highest BCUT2D eigenvalue weighted by molar-refractivity contribution is 7.98. The summed E-state index contributed by atoms with van der Waals surface area (Å²) in [4.78, 5) is 13.5. The molecule has 0 saturated carbocycles. The van der Waals surface area contributed by atoms with Crippen molar-refractivity contribution in [2.24, 2.45) is 0 Å². The minimum absolute atomic E-state index is 0.150. The summed E-state index contributed by atoms with van der Waals surface area (Å²) in [6.07, 6.45) is 9.87. The Hall–Kier alpha value is -2.25. The molecule has 1 aliphatic rings. The van der Waals surface area contributed by atoms with Crippen molar-refractivity contribution < 1.29 is 13.2 Å². The Balaban J connectivity index is 1.55. The molecule has 3 rings (SSSR count). The van der Waals surface area contributed by atoms with E-state index in [9.17, 15) is 13.2 Å². The molecule has 1 amide bonds. The first-order valence-corrected chi connectivity index (χ1v) is 12.4. The van der Waals surface area contributed by atoms with Gasteiger partial charge < -0.3 is 5.32 Å². The summed E-state index contributed by atoms with van der Waals surface area (Å²) >= 11 is 1.55. The molecule has 0 heterocycles. The van der Waals surface area contributed by atoms with Crippen LogP contribution in [-0.4, -0.2) is 27.1 Å². The molecule has 2 aromatic rings. The number of thioether (sulfide) groups is 1. The molecule has 0 fully saturated rings. The van der Waals surface area contributed by atoms with Gasteiger partial charge in [-0.3, -0.25) is 9.52 Å². The Kier molecular flexibility index (Phi) is 7.39. The van der Waals surface area contributed by atoms with Gasteiger partial charge in [-0.1, -0.05) is 11.6 Å². The van der Waals surface area contributed by atoms with Gasteiger partial charge in [0.1, 0.15) is 0 Å². The van der Waals surface area contributed by atoms with E-state index in [-0.39, 0.29) is 10.8 Å². The molecule has 0 unspecified atom stereocenters. The van der Waals surface area contributed by atoms with Crippen molar-refractivity contribution in [1.29, 1.82) is 0 Å². The first-order chi connectivity index (χ1) is 14.0. The van der Waals surface area contributed by atoms with Gasteiger partial charge >= 0.3 is 0 Å². The molecular weight excluding hydrogens is 404 g/mol. The lowest BCUT2D eigenvalue weighted by Crippen LogP contribution is -2.24. The summed E-state index contributed by atoms with van der Waals surface area (Å²) in [5.74, 6) is -0.150. The zero-order valence-electron chi connectivity index (χ0n) is 16.5. The number of hydrogen-bond donors (Lipinski definition) is 2. The molecule has 0 aromatic heterocycles. The van der Waals surface area contributed by atoms with E-state index in [0.29, 0.717) is 17.8 Å². The Labute approximate surface area is 177 Å². The van der Waals surface area contributed by atoms with Crippen molar-refractivity contribution in [3.8, 4) is 0 Å². The van der Waals surface area contributed by atoms with Gasteiger partial charge in [-0.25, -0.2) is 8.42 Å². The monoisotopic (exact) mass is 430 g/mol. The van der Waals surface area contributed by atoms with E-state index in [2.05, 4.69) is 16.1 Å². The summed E-state index contributed by atoms with van der Waals surface area (Å²) in [7, 11) is -3.66. The van der Waals surface area contributed by atoms with Crippen molar-refractivity contribution in [2.45, 2.75) is 41.9 Å². The number of hydrogen-bond acceptors (Lipinski definition) is 4. The van der Waals surface area contributed by atoms with Crippen molar-refractivity contribution >= 4 is 33.4 Å². The fourth-order valence-corrected chi connectivity index (χ4v) is 4.70. The lowest BCUT2D eigenvalue weighted by Gasteiger charge is -2.13. The van der Waals surface area contributed by atoms with Gasteiger partial charge in [0.15, 0.2) is 0 Å². The number of carbonyl (C=O) groups is 1. The number of amides is 1. The molecule has 0 atom stereocenters. The van der Waals surface area contributed by atoms with Gasteiger partial charge in [0.05, 0.1) is 4.90 Å². The quantitative estimate of drug-likeness (QED) is 0.465. The number of sulfonamides is 1. The van der Waals surface area contributed by atoms with Crippen LogP contribution in [0.3, 0.4) is 0 Å². The van der Waals surface area contributed by atoms with E-state index < -0.39 is 10.0 Å². The fourth-order valence-electron chi connectivity index (χ4n) is 3.23. The highest BCUT2D eigenvalue weighted by Gasteiger charge is 2.14. The average Bonchev–Trinajstić information content (AvgIpc) is 2.75. The standard InChI is InChI=1S/C22H26N2O3S2/c1-28-20-11-13-21(14-12-20)29(26,27)24-19-9-7-18(8-10-19)22(25)23-16-15-17-5-3-2-4-6-17/h5,7-14,24H,2-4,6,15-16H2,1H3,(H,23,25). The molecule has 0 aliphatic heterocycles. The molecule has 2 N–H and O–H groups in total. The summed E-state index contributed by atoms with van der Waals surface area (Å²) in [6, 6.07) is 13.2. The predicted molar refractivity (Wildman–Crippen MR) is 119 cm³/mol. The Morgan fingerprint density at radius 2 is 1.76 bits per heavy atom. The second-order valence-electron chi connectivity index (χ2n) is 6.97. The third-order valence-electron chi connectivity index (χ3n) is 4.89. The van der Waals surface area contributed by atoms with Crippen molar-refractivity contribution in [3.63, 3.8) is 0 Å². The number of nitrogens with one attached hydrogen (secondary N) is 2. The Morgan fingerprint density at radius 1 is 1.03 bits per heavy atom. The van der Waals surface area contributed by atoms with Crippen LogP contribution in [0.5, 0.6) is 0 Å². The molecule has 1 aliphatic carbocycles. The van der Waals surface area contributed by atoms with Crippen LogP contribution in [0.15, 0.2) is 70.0 Å². The van der Waals surface area contributed by atoms with Crippen molar-refractivity contribution in [3.05, 3.63) is 65.7 Å². The number of carbonyl (C=O) groups excluding carboxylic acids is 1. The zero-order chi connectivity index (χ0) is 20.7. The van der Waals surface area contributed by atoms with Crippen LogP contribution in [0.1, 0.15) is 42.5 Å². The molecule has 0 bridgehead atoms. The van der Waals surface area contributed by atoms with Gasteiger partial charge in [-0.05, 0) is 86.9 Å². The second kappa shape index (κ2) is 9.98. The minimum atomic E-state index is -3.66. The maximum Gasteiger partial charge on any atom is 0.261 e. The molecule has 0 spiro atoms. The predicted octanol–water partition coefficient (Wildman–Crippen LogP) is 4.83. The summed E-state index contributed by atoms with van der Waals surface area (Å²) in [5, 5.41) is 2.93. The van der Waals surface area contributed by atoms with E-state index in [1.165, 1.54) is 18.4 Å². The highest BCUT2D eigenvalue weighted by atomic mass is 32.2. The molecule has 5 nitrogen and oxygen atoms in total. The fraction of sp³-hybridized carbons (Fsp3) is 0.318. The third kappa shape index (κ3) is 6.11. The molecule has 0 radical (unpaired) electrons. The van der Waals surface area contributed by atoms with Gasteiger partial charge in [-0.15, -0.1) is 11.8 Å². The largest absolute Gasteiger partial charge is 0.352 e. The lowest BCUT2D eigenvalue weighted by atomic mass is 9.97. The molecular formula is C22H26N2O3S2. The van der Waals surface area contributed by atoms with Crippen LogP contribution in [0.25, 0.3) is 0 Å². The van der Waals surface area contributed by atoms with Gasteiger partial charge in [0, 0.05) is 22.7 Å². The first-order valence-electron chi connectivity index (χ1n) is 9.71.